The Morgan fingerprint density at radius 3 is 2.54 bits per heavy atom. The van der Waals surface area contributed by atoms with E-state index in [1.807, 2.05) is 4.90 Å². The first-order chi connectivity index (χ1) is 17.4. The number of alkyl halides is 3. The molecule has 0 atom stereocenters. The largest absolute Gasteiger partial charge is 0.416 e. The molecule has 9 nitrogen and oxygen atoms in total. The van der Waals surface area contributed by atoms with Crippen molar-refractivity contribution in [3.8, 4) is 0 Å². The summed E-state index contributed by atoms with van der Waals surface area (Å²) >= 11 is 6.30. The molecule has 0 aliphatic carbocycles. The molecule has 196 valence electrons. The third-order valence-corrected chi connectivity index (χ3v) is 6.78. The Hall–Kier alpha value is -3.45. The standard InChI is InChI=1S/C23H22ClF3N6O3S/c1-37(35,36)12-10-29-22(34)20-31-18-13-33(21-17(24)3-2-9-28-21)11-8-16(18)19(32-20)30-15-6-4-14(5-7-15)23(25,26)27/h2-7,9H,8,10-13H2,1H3,(H,29,34)(H,30,31,32). The van der Waals surface area contributed by atoms with Gasteiger partial charge < -0.3 is 15.5 Å². The van der Waals surface area contributed by atoms with Gasteiger partial charge in [-0.3, -0.25) is 4.79 Å². The van der Waals surface area contributed by atoms with Gasteiger partial charge in [-0.1, -0.05) is 11.6 Å². The number of pyridine rings is 1. The summed E-state index contributed by atoms with van der Waals surface area (Å²) in [6.45, 7) is 0.629. The van der Waals surface area contributed by atoms with Crippen molar-refractivity contribution < 1.29 is 26.4 Å². The number of amides is 1. The summed E-state index contributed by atoms with van der Waals surface area (Å²) in [7, 11) is -3.30. The van der Waals surface area contributed by atoms with Gasteiger partial charge >= 0.3 is 6.18 Å². The molecule has 37 heavy (non-hydrogen) atoms. The maximum Gasteiger partial charge on any atom is 0.416 e. The number of halogens is 4. The second kappa shape index (κ2) is 10.5. The second-order valence-electron chi connectivity index (χ2n) is 8.39. The fraction of sp³-hybridized carbons (Fsp3) is 0.304. The number of fused-ring (bicyclic) bond motifs is 1. The number of hydrogen-bond donors (Lipinski definition) is 2. The van der Waals surface area contributed by atoms with Crippen LogP contribution in [0.5, 0.6) is 0 Å². The van der Waals surface area contributed by atoms with Gasteiger partial charge in [-0.05, 0) is 42.8 Å². The molecule has 0 unspecified atom stereocenters. The number of rotatable bonds is 7. The lowest BCUT2D eigenvalue weighted by atomic mass is 10.0. The fourth-order valence-electron chi connectivity index (χ4n) is 3.73. The smallest absolute Gasteiger partial charge is 0.349 e. The van der Waals surface area contributed by atoms with Crippen molar-refractivity contribution in [3.05, 3.63) is 70.3 Å². The molecule has 1 aliphatic heterocycles. The maximum absolute atomic E-state index is 13.0. The Morgan fingerprint density at radius 1 is 1.16 bits per heavy atom. The zero-order valence-corrected chi connectivity index (χ0v) is 21.1. The Balaban J connectivity index is 1.66. The Labute approximate surface area is 216 Å². The lowest BCUT2D eigenvalue weighted by Crippen LogP contribution is -2.35. The van der Waals surface area contributed by atoms with Crippen LogP contribution in [-0.2, 0) is 29.0 Å². The molecule has 2 N–H and O–H groups in total. The van der Waals surface area contributed by atoms with E-state index in [4.69, 9.17) is 11.6 Å². The van der Waals surface area contributed by atoms with Crippen molar-refractivity contribution in [2.75, 3.05) is 35.3 Å². The highest BCUT2D eigenvalue weighted by Gasteiger charge is 2.30. The SMILES string of the molecule is CS(=O)(=O)CCNC(=O)c1nc2c(c(Nc3ccc(C(F)(F)F)cc3)n1)CCN(c1ncccc1Cl)C2. The Bertz CT molecular complexity index is 1420. The number of aromatic nitrogens is 3. The van der Waals surface area contributed by atoms with Crippen LogP contribution in [0.4, 0.5) is 30.5 Å². The van der Waals surface area contributed by atoms with E-state index in [-0.39, 0.29) is 30.5 Å². The van der Waals surface area contributed by atoms with Crippen molar-refractivity contribution in [3.63, 3.8) is 0 Å². The van der Waals surface area contributed by atoms with Crippen LogP contribution in [0.2, 0.25) is 5.02 Å². The monoisotopic (exact) mass is 554 g/mol. The van der Waals surface area contributed by atoms with Crippen molar-refractivity contribution in [2.45, 2.75) is 19.1 Å². The van der Waals surface area contributed by atoms with E-state index in [9.17, 15) is 26.4 Å². The van der Waals surface area contributed by atoms with Crippen molar-refractivity contribution >= 4 is 44.7 Å². The average Bonchev–Trinajstić information content (AvgIpc) is 2.83. The van der Waals surface area contributed by atoms with Gasteiger partial charge in [0.25, 0.3) is 5.91 Å². The molecular weight excluding hydrogens is 533 g/mol. The van der Waals surface area contributed by atoms with Gasteiger partial charge in [-0.2, -0.15) is 13.2 Å². The predicted molar refractivity (Wildman–Crippen MR) is 133 cm³/mol. The number of nitrogens with one attached hydrogen (secondary N) is 2. The highest BCUT2D eigenvalue weighted by Crippen LogP contribution is 2.33. The number of anilines is 3. The van der Waals surface area contributed by atoms with Crippen LogP contribution in [0, 0.1) is 0 Å². The van der Waals surface area contributed by atoms with E-state index in [1.54, 1.807) is 18.3 Å². The van der Waals surface area contributed by atoms with Crippen molar-refractivity contribution in [2.24, 2.45) is 0 Å². The highest BCUT2D eigenvalue weighted by atomic mass is 35.5. The lowest BCUT2D eigenvalue weighted by Gasteiger charge is -2.30. The lowest BCUT2D eigenvalue weighted by molar-refractivity contribution is -0.137. The molecule has 0 bridgehead atoms. The highest BCUT2D eigenvalue weighted by molar-refractivity contribution is 7.90. The first-order valence-corrected chi connectivity index (χ1v) is 13.5. The van der Waals surface area contributed by atoms with Crippen LogP contribution in [0.15, 0.2) is 42.6 Å². The summed E-state index contributed by atoms with van der Waals surface area (Å²) < 4.78 is 61.6. The molecular formula is C23H22ClF3N6O3S. The minimum atomic E-state index is -4.47. The molecule has 1 aliphatic rings. The summed E-state index contributed by atoms with van der Waals surface area (Å²) in [5.74, 6) is -0.341. The van der Waals surface area contributed by atoms with E-state index < -0.39 is 27.5 Å². The van der Waals surface area contributed by atoms with E-state index >= 15 is 0 Å². The normalized spacial score (nSPS) is 13.7. The molecule has 1 aromatic carbocycles. The number of sulfone groups is 1. The molecule has 0 radical (unpaired) electrons. The molecule has 14 heteroatoms. The quantitative estimate of drug-likeness (QED) is 0.455. The van der Waals surface area contributed by atoms with Gasteiger partial charge in [0, 0.05) is 36.8 Å². The maximum atomic E-state index is 13.0. The molecule has 4 rings (SSSR count). The summed E-state index contributed by atoms with van der Waals surface area (Å²) in [5, 5.41) is 5.93. The van der Waals surface area contributed by atoms with Crippen molar-refractivity contribution in [1.29, 1.82) is 0 Å². The Morgan fingerprint density at radius 2 is 1.89 bits per heavy atom. The zero-order valence-electron chi connectivity index (χ0n) is 19.5. The van der Waals surface area contributed by atoms with E-state index in [1.165, 1.54) is 12.1 Å². The zero-order chi connectivity index (χ0) is 26.8. The molecule has 3 aromatic rings. The van der Waals surface area contributed by atoms with Gasteiger partial charge in [-0.25, -0.2) is 23.4 Å². The van der Waals surface area contributed by atoms with Crippen LogP contribution >= 0.6 is 11.6 Å². The van der Waals surface area contributed by atoms with Crippen LogP contribution in [0.3, 0.4) is 0 Å². The van der Waals surface area contributed by atoms with Crippen LogP contribution in [-0.4, -0.2) is 54.4 Å². The van der Waals surface area contributed by atoms with E-state index in [2.05, 4.69) is 25.6 Å². The van der Waals surface area contributed by atoms with Gasteiger partial charge in [-0.15, -0.1) is 0 Å². The number of benzene rings is 1. The minimum Gasteiger partial charge on any atom is -0.349 e. The first-order valence-electron chi connectivity index (χ1n) is 11.1. The Kier molecular flexibility index (Phi) is 7.55. The minimum absolute atomic E-state index is 0.130. The van der Waals surface area contributed by atoms with E-state index in [0.717, 1.165) is 18.4 Å². The number of hydrogen-bond acceptors (Lipinski definition) is 8. The fourth-order valence-corrected chi connectivity index (χ4v) is 4.45. The molecule has 0 spiro atoms. The second-order valence-corrected chi connectivity index (χ2v) is 11.1. The van der Waals surface area contributed by atoms with Crippen LogP contribution < -0.4 is 15.5 Å². The predicted octanol–water partition coefficient (Wildman–Crippen LogP) is 3.62. The average molecular weight is 555 g/mol. The summed E-state index contributed by atoms with van der Waals surface area (Å²) in [6, 6.07) is 7.84. The van der Waals surface area contributed by atoms with Gasteiger partial charge in [0.2, 0.25) is 5.82 Å². The molecule has 0 saturated heterocycles. The van der Waals surface area contributed by atoms with Crippen molar-refractivity contribution in [1.82, 2.24) is 20.3 Å². The van der Waals surface area contributed by atoms with Gasteiger partial charge in [0.1, 0.15) is 21.5 Å². The summed E-state index contributed by atoms with van der Waals surface area (Å²) in [5.41, 5.74) is 0.741. The van der Waals surface area contributed by atoms with Crippen LogP contribution in [0.25, 0.3) is 0 Å². The molecule has 0 fully saturated rings. The van der Waals surface area contributed by atoms with Crippen LogP contribution in [0.1, 0.15) is 27.4 Å². The number of carbonyl (C=O) groups is 1. The molecule has 2 aromatic heterocycles. The number of carbonyl (C=O) groups excluding carboxylic acids is 1. The summed E-state index contributed by atoms with van der Waals surface area (Å²) in [6.07, 6.45) is -1.37. The topological polar surface area (TPSA) is 117 Å². The van der Waals surface area contributed by atoms with Gasteiger partial charge in [0.05, 0.1) is 28.6 Å². The van der Waals surface area contributed by atoms with E-state index in [0.29, 0.717) is 40.8 Å². The summed E-state index contributed by atoms with van der Waals surface area (Å²) in [4.78, 5) is 27.7. The molecule has 1 amide bonds. The number of nitrogens with zero attached hydrogens (tertiary/aromatic N) is 4. The first kappa shape index (κ1) is 26.6. The molecule has 3 heterocycles. The third-order valence-electron chi connectivity index (χ3n) is 5.54. The third kappa shape index (κ3) is 6.66. The van der Waals surface area contributed by atoms with Gasteiger partial charge in [0.15, 0.2) is 0 Å². The molecule has 0 saturated carbocycles.